The fourth-order valence-electron chi connectivity index (χ4n) is 1.63. The lowest BCUT2D eigenvalue weighted by Crippen LogP contribution is -2.49. The number of nitrogens with zero attached hydrogens (tertiary/aromatic N) is 1. The normalized spacial score (nSPS) is 16.4. The molecule has 0 saturated heterocycles. The van der Waals surface area contributed by atoms with E-state index < -0.39 is 36.6 Å². The van der Waals surface area contributed by atoms with Gasteiger partial charge in [0.25, 0.3) is 0 Å². The average molecular weight is 339 g/mol. The molecule has 1 heterocycles. The van der Waals surface area contributed by atoms with Crippen molar-refractivity contribution in [3.8, 4) is 0 Å². The molecule has 0 aliphatic carbocycles. The maximum atomic E-state index is 13.1. The largest absolute Gasteiger partial charge is 0.466 e. The molecule has 0 fully saturated rings. The molecule has 1 aromatic heterocycles. The summed E-state index contributed by atoms with van der Waals surface area (Å²) in [6.07, 6.45) is -5.67. The Kier molecular flexibility index (Phi) is 5.13. The molecule has 1 aromatic rings. The van der Waals surface area contributed by atoms with E-state index in [9.17, 15) is 23.3 Å². The van der Waals surface area contributed by atoms with E-state index in [1.165, 1.54) is 18.4 Å². The molecule has 1 rings (SSSR count). The van der Waals surface area contributed by atoms with Crippen LogP contribution in [0.1, 0.15) is 32.6 Å². The van der Waals surface area contributed by atoms with Gasteiger partial charge in [0.15, 0.2) is 14.4 Å². The Balaban J connectivity index is 3.29. The van der Waals surface area contributed by atoms with Crippen LogP contribution in [0.15, 0.2) is 22.8 Å². The lowest BCUT2D eigenvalue weighted by atomic mass is 10.1. The summed E-state index contributed by atoms with van der Waals surface area (Å²) in [5.41, 5.74) is 0. The summed E-state index contributed by atoms with van der Waals surface area (Å²) >= 11 is 0. The Bertz CT molecular complexity index is 508. The Morgan fingerprint density at radius 1 is 1.32 bits per heavy atom. The Labute approximate surface area is 127 Å². The van der Waals surface area contributed by atoms with Crippen molar-refractivity contribution >= 4 is 8.32 Å². The minimum absolute atomic E-state index is 0.191. The van der Waals surface area contributed by atoms with Crippen LogP contribution < -0.4 is 0 Å². The molecule has 0 aromatic carbocycles. The van der Waals surface area contributed by atoms with E-state index in [0.717, 1.165) is 0 Å². The van der Waals surface area contributed by atoms with Crippen LogP contribution in [0.5, 0.6) is 0 Å². The van der Waals surface area contributed by atoms with Gasteiger partial charge in [0.1, 0.15) is 5.76 Å². The van der Waals surface area contributed by atoms with Crippen LogP contribution in [0.4, 0.5) is 13.2 Å². The zero-order chi connectivity index (χ0) is 17.3. The summed E-state index contributed by atoms with van der Waals surface area (Å²) in [6, 6.07) is -0.224. The minimum atomic E-state index is -5.04. The number of hydrogen-bond donors (Lipinski definition) is 0. The van der Waals surface area contributed by atoms with Gasteiger partial charge >= 0.3 is 12.2 Å². The van der Waals surface area contributed by atoms with E-state index in [-0.39, 0.29) is 5.76 Å². The lowest BCUT2D eigenvalue weighted by molar-refractivity contribution is -0.575. The number of hydrogen-bond acceptors (Lipinski definition) is 4. The van der Waals surface area contributed by atoms with Crippen molar-refractivity contribution < 1.29 is 26.9 Å². The van der Waals surface area contributed by atoms with Crippen LogP contribution in [-0.2, 0) is 4.43 Å². The third-order valence-electron chi connectivity index (χ3n) is 3.90. The highest BCUT2D eigenvalue weighted by Gasteiger charge is 2.58. The first-order valence-electron chi connectivity index (χ1n) is 6.69. The summed E-state index contributed by atoms with van der Waals surface area (Å²) in [5.74, 6) is -0.191. The second-order valence-electron chi connectivity index (χ2n) is 6.59. The molecule has 0 aliphatic heterocycles. The minimum Gasteiger partial charge on any atom is -0.466 e. The highest BCUT2D eigenvalue weighted by molar-refractivity contribution is 6.74. The van der Waals surface area contributed by atoms with Crippen LogP contribution in [0.2, 0.25) is 18.1 Å². The number of alkyl halides is 3. The van der Waals surface area contributed by atoms with E-state index in [4.69, 9.17) is 8.84 Å². The molecule has 0 amide bonds. The fourth-order valence-corrected chi connectivity index (χ4v) is 2.86. The zero-order valence-electron chi connectivity index (χ0n) is 13.1. The maximum absolute atomic E-state index is 13.1. The van der Waals surface area contributed by atoms with Gasteiger partial charge < -0.3 is 8.84 Å². The monoisotopic (exact) mass is 339 g/mol. The number of rotatable bonds is 5. The van der Waals surface area contributed by atoms with E-state index in [2.05, 4.69) is 0 Å². The van der Waals surface area contributed by atoms with Crippen molar-refractivity contribution in [1.29, 1.82) is 0 Å². The first-order chi connectivity index (χ1) is 9.77. The molecular weight excluding hydrogens is 319 g/mol. The van der Waals surface area contributed by atoms with Gasteiger partial charge in [-0.25, -0.2) is 0 Å². The average Bonchev–Trinajstić information content (AvgIpc) is 2.76. The molecule has 0 spiro atoms. The van der Waals surface area contributed by atoms with E-state index in [1.54, 1.807) is 13.1 Å². The predicted octanol–water partition coefficient (Wildman–Crippen LogP) is 4.55. The lowest BCUT2D eigenvalue weighted by Gasteiger charge is -2.39. The molecule has 9 heteroatoms. The summed E-state index contributed by atoms with van der Waals surface area (Å²) in [7, 11) is -2.68. The molecular formula is C13H20F3NO4Si. The SMILES string of the molecule is CC(C)(C)[Si](C)(C)O[C@@H](c1ccco1)[C@H]([N+](=O)[O-])C(F)(F)F. The first-order valence-corrected chi connectivity index (χ1v) is 9.59. The molecule has 22 heavy (non-hydrogen) atoms. The van der Waals surface area contributed by atoms with Crippen LogP contribution in [0.3, 0.4) is 0 Å². The third-order valence-corrected chi connectivity index (χ3v) is 8.36. The first kappa shape index (κ1) is 18.7. The predicted molar refractivity (Wildman–Crippen MR) is 76.6 cm³/mol. The summed E-state index contributed by atoms with van der Waals surface area (Å²) in [5, 5.41) is 10.6. The molecule has 0 saturated carbocycles. The van der Waals surface area contributed by atoms with Gasteiger partial charge in [0.2, 0.25) is 0 Å². The second-order valence-corrected chi connectivity index (χ2v) is 11.3. The van der Waals surface area contributed by atoms with E-state index in [0.29, 0.717) is 0 Å². The van der Waals surface area contributed by atoms with Gasteiger partial charge in [-0.05, 0) is 30.3 Å². The van der Waals surface area contributed by atoms with Gasteiger partial charge in [0.05, 0.1) is 6.26 Å². The highest BCUT2D eigenvalue weighted by Crippen LogP contribution is 2.43. The van der Waals surface area contributed by atoms with Gasteiger partial charge in [0, 0.05) is 4.92 Å². The smallest absolute Gasteiger partial charge is 0.460 e. The number of furan rings is 1. The Morgan fingerprint density at radius 3 is 2.18 bits per heavy atom. The van der Waals surface area contributed by atoms with Crippen molar-refractivity contribution in [2.24, 2.45) is 0 Å². The summed E-state index contributed by atoms with van der Waals surface area (Å²) in [6.45, 7) is 8.99. The van der Waals surface area contributed by atoms with Crippen molar-refractivity contribution in [2.45, 2.75) is 57.2 Å². The summed E-state index contributed by atoms with van der Waals surface area (Å²) in [4.78, 5) is 9.64. The van der Waals surface area contributed by atoms with Crippen LogP contribution >= 0.6 is 0 Å². The molecule has 0 N–H and O–H groups in total. The molecule has 0 radical (unpaired) electrons. The van der Waals surface area contributed by atoms with Crippen molar-refractivity contribution in [2.75, 3.05) is 0 Å². The summed E-state index contributed by atoms with van der Waals surface area (Å²) < 4.78 is 50.1. The Morgan fingerprint density at radius 2 is 1.86 bits per heavy atom. The highest BCUT2D eigenvalue weighted by atomic mass is 28.4. The number of nitro groups is 1. The van der Waals surface area contributed by atoms with Gasteiger partial charge in [-0.15, -0.1) is 0 Å². The van der Waals surface area contributed by atoms with Crippen LogP contribution in [-0.4, -0.2) is 25.5 Å². The standard InChI is InChI=1S/C13H20F3NO4Si/c1-12(2,3)22(4,5)21-10(9-7-6-8-20-9)11(17(18)19)13(14,15)16/h6-8,10-11H,1-5H3/t10-,11-/m0/s1. The van der Waals surface area contributed by atoms with Crippen LogP contribution in [0, 0.1) is 10.1 Å². The quantitative estimate of drug-likeness (QED) is 0.448. The topological polar surface area (TPSA) is 65.5 Å². The molecule has 0 unspecified atom stereocenters. The van der Waals surface area contributed by atoms with Crippen LogP contribution in [0.25, 0.3) is 0 Å². The van der Waals surface area contributed by atoms with E-state index >= 15 is 0 Å². The molecule has 0 aliphatic rings. The van der Waals surface area contributed by atoms with Crippen molar-refractivity contribution in [3.05, 3.63) is 34.3 Å². The van der Waals surface area contributed by atoms with E-state index in [1.807, 2.05) is 20.8 Å². The van der Waals surface area contributed by atoms with Crippen molar-refractivity contribution in [3.63, 3.8) is 0 Å². The molecule has 126 valence electrons. The Hall–Kier alpha value is -1.35. The third kappa shape index (κ3) is 4.10. The fraction of sp³-hybridized carbons (Fsp3) is 0.692. The van der Waals surface area contributed by atoms with Crippen molar-refractivity contribution in [1.82, 2.24) is 0 Å². The van der Waals surface area contributed by atoms with Gasteiger partial charge in [-0.3, -0.25) is 10.1 Å². The second kappa shape index (κ2) is 6.03. The molecule has 0 bridgehead atoms. The zero-order valence-corrected chi connectivity index (χ0v) is 14.1. The number of halogens is 3. The van der Waals surface area contributed by atoms with Gasteiger partial charge in [-0.2, -0.15) is 13.2 Å². The van der Waals surface area contributed by atoms with Gasteiger partial charge in [-0.1, -0.05) is 20.8 Å². The maximum Gasteiger partial charge on any atom is 0.460 e. The molecule has 2 atom stereocenters. The molecule has 5 nitrogen and oxygen atoms in total.